The maximum absolute atomic E-state index is 13.7. The second kappa shape index (κ2) is 4.29. The van der Waals surface area contributed by atoms with Crippen molar-refractivity contribution >= 4 is 21.9 Å². The van der Waals surface area contributed by atoms with E-state index in [0.717, 1.165) is 18.4 Å². The largest absolute Gasteiger partial charge is 0.492 e. The van der Waals surface area contributed by atoms with Crippen molar-refractivity contribution in [1.29, 1.82) is 0 Å². The number of methoxy groups -OCH3 is 1. The molecule has 0 saturated heterocycles. The number of rotatable bonds is 4. The summed E-state index contributed by atoms with van der Waals surface area (Å²) in [5.74, 6) is -1.16. The number of ether oxygens (including phenoxy) is 1. The molecule has 0 aromatic heterocycles. The summed E-state index contributed by atoms with van der Waals surface area (Å²) in [6, 6.07) is 3.12. The molecule has 1 aliphatic rings. The smallest absolute Gasteiger partial charge is 0.304 e. The summed E-state index contributed by atoms with van der Waals surface area (Å²) < 4.78 is 19.1. The highest BCUT2D eigenvalue weighted by molar-refractivity contribution is 9.10. The Kier molecular flexibility index (Phi) is 3.12. The normalized spacial score (nSPS) is 16.6. The van der Waals surface area contributed by atoms with Gasteiger partial charge in [-0.2, -0.15) is 0 Å². The lowest BCUT2D eigenvalue weighted by molar-refractivity contribution is -0.137. The number of carboxylic acids is 1. The van der Waals surface area contributed by atoms with Gasteiger partial charge in [0.25, 0.3) is 0 Å². The Morgan fingerprint density at radius 3 is 2.65 bits per heavy atom. The molecule has 0 amide bonds. The molecule has 3 nitrogen and oxygen atoms in total. The fraction of sp³-hybridized carbons (Fsp3) is 0.417. The maximum atomic E-state index is 13.7. The third-order valence-corrected chi connectivity index (χ3v) is 3.75. The highest BCUT2D eigenvalue weighted by Gasteiger charge is 2.46. The summed E-state index contributed by atoms with van der Waals surface area (Å²) in [6.45, 7) is 0. The molecule has 1 aromatic carbocycles. The lowest BCUT2D eigenvalue weighted by atomic mass is 9.92. The Balaban J connectivity index is 2.37. The fourth-order valence-electron chi connectivity index (χ4n) is 2.07. The van der Waals surface area contributed by atoms with Crippen molar-refractivity contribution in [1.82, 2.24) is 0 Å². The third kappa shape index (κ3) is 2.29. The monoisotopic (exact) mass is 302 g/mol. The van der Waals surface area contributed by atoms with Gasteiger partial charge in [0.15, 0.2) is 11.6 Å². The Morgan fingerprint density at radius 1 is 1.59 bits per heavy atom. The molecule has 0 aliphatic heterocycles. The minimum Gasteiger partial charge on any atom is -0.492 e. The number of carbonyl (C=O) groups is 1. The van der Waals surface area contributed by atoms with E-state index in [9.17, 15) is 9.18 Å². The number of benzene rings is 1. The lowest BCUT2D eigenvalue weighted by Crippen LogP contribution is -2.13. The molecule has 1 aliphatic carbocycles. The average Bonchev–Trinajstić information content (AvgIpc) is 2.97. The number of hydrogen-bond acceptors (Lipinski definition) is 2. The van der Waals surface area contributed by atoms with E-state index in [4.69, 9.17) is 9.84 Å². The molecule has 1 saturated carbocycles. The van der Waals surface area contributed by atoms with Gasteiger partial charge in [0.05, 0.1) is 18.0 Å². The van der Waals surface area contributed by atoms with Crippen LogP contribution < -0.4 is 4.74 Å². The van der Waals surface area contributed by atoms with Gasteiger partial charge < -0.3 is 9.84 Å². The highest BCUT2D eigenvalue weighted by atomic mass is 79.9. The van der Waals surface area contributed by atoms with Crippen molar-refractivity contribution in [2.45, 2.75) is 24.7 Å². The van der Waals surface area contributed by atoms with Crippen molar-refractivity contribution in [3.63, 3.8) is 0 Å². The van der Waals surface area contributed by atoms with Crippen LogP contribution in [0.25, 0.3) is 0 Å². The zero-order valence-electron chi connectivity index (χ0n) is 9.30. The molecule has 1 fully saturated rings. The maximum Gasteiger partial charge on any atom is 0.304 e. The van der Waals surface area contributed by atoms with Crippen molar-refractivity contribution in [3.05, 3.63) is 28.0 Å². The Labute approximate surface area is 107 Å². The first-order valence-corrected chi connectivity index (χ1v) is 6.03. The summed E-state index contributed by atoms with van der Waals surface area (Å²) in [4.78, 5) is 10.8. The van der Waals surface area contributed by atoms with Gasteiger partial charge in [0, 0.05) is 5.41 Å². The van der Waals surface area contributed by atoms with Crippen LogP contribution in [0.2, 0.25) is 0 Å². The molecule has 92 valence electrons. The van der Waals surface area contributed by atoms with Gasteiger partial charge >= 0.3 is 5.97 Å². The minimum atomic E-state index is -0.852. The van der Waals surface area contributed by atoms with Gasteiger partial charge in [-0.05, 0) is 46.5 Å². The zero-order chi connectivity index (χ0) is 12.6. The van der Waals surface area contributed by atoms with Crippen molar-refractivity contribution < 1.29 is 19.0 Å². The predicted molar refractivity (Wildman–Crippen MR) is 63.8 cm³/mol. The highest BCUT2D eigenvalue weighted by Crippen LogP contribution is 2.52. The standard InChI is InChI=1S/C12H12BrFO3/c1-17-11-8(13)4-7(5-9(11)14)12(2-3-12)6-10(15)16/h4-5H,2-3,6H2,1H3,(H,15,16). The third-order valence-electron chi connectivity index (χ3n) is 3.16. The van der Waals surface area contributed by atoms with E-state index < -0.39 is 11.8 Å². The van der Waals surface area contributed by atoms with Crippen LogP contribution in [0.3, 0.4) is 0 Å². The summed E-state index contributed by atoms with van der Waals surface area (Å²) in [5.41, 5.74) is 0.339. The Hall–Kier alpha value is -1.10. The van der Waals surface area contributed by atoms with Crippen LogP contribution in [-0.4, -0.2) is 18.2 Å². The van der Waals surface area contributed by atoms with Gasteiger partial charge in [-0.15, -0.1) is 0 Å². The molecule has 0 heterocycles. The van der Waals surface area contributed by atoms with E-state index in [1.165, 1.54) is 13.2 Å². The van der Waals surface area contributed by atoms with E-state index >= 15 is 0 Å². The molecule has 0 atom stereocenters. The SMILES string of the molecule is COc1c(F)cc(C2(CC(=O)O)CC2)cc1Br. The molecular weight excluding hydrogens is 291 g/mol. The van der Waals surface area contributed by atoms with E-state index in [2.05, 4.69) is 15.9 Å². The quantitative estimate of drug-likeness (QED) is 0.929. The average molecular weight is 303 g/mol. The molecule has 1 aromatic rings. The van der Waals surface area contributed by atoms with Crippen molar-refractivity contribution in [2.75, 3.05) is 7.11 Å². The first-order valence-electron chi connectivity index (χ1n) is 5.24. The summed E-state index contributed by atoms with van der Waals surface area (Å²) in [6.07, 6.45) is 1.63. The van der Waals surface area contributed by atoms with Crippen LogP contribution in [0.1, 0.15) is 24.8 Å². The molecule has 0 unspecified atom stereocenters. The molecular formula is C12H12BrFO3. The number of hydrogen-bond donors (Lipinski definition) is 1. The van der Waals surface area contributed by atoms with Crippen molar-refractivity contribution in [3.8, 4) is 5.75 Å². The summed E-state index contributed by atoms with van der Waals surface area (Å²) in [7, 11) is 1.40. The van der Waals surface area contributed by atoms with Gasteiger partial charge in [-0.25, -0.2) is 4.39 Å². The predicted octanol–water partition coefficient (Wildman–Crippen LogP) is 3.10. The topological polar surface area (TPSA) is 46.5 Å². The molecule has 0 radical (unpaired) electrons. The summed E-state index contributed by atoms with van der Waals surface area (Å²) in [5, 5.41) is 8.86. The lowest BCUT2D eigenvalue weighted by Gasteiger charge is -2.15. The van der Waals surface area contributed by atoms with Crippen LogP contribution in [0.15, 0.2) is 16.6 Å². The molecule has 2 rings (SSSR count). The van der Waals surface area contributed by atoms with Gasteiger partial charge in [0.2, 0.25) is 0 Å². The van der Waals surface area contributed by atoms with E-state index in [0.29, 0.717) is 4.47 Å². The van der Waals surface area contributed by atoms with Crippen molar-refractivity contribution in [2.24, 2.45) is 0 Å². The zero-order valence-corrected chi connectivity index (χ0v) is 10.9. The van der Waals surface area contributed by atoms with Crippen LogP contribution in [0.5, 0.6) is 5.75 Å². The number of aliphatic carboxylic acids is 1. The molecule has 0 bridgehead atoms. The van der Waals surface area contributed by atoms with Gasteiger partial charge in [-0.1, -0.05) is 0 Å². The van der Waals surface area contributed by atoms with E-state index in [1.54, 1.807) is 6.07 Å². The Morgan fingerprint density at radius 2 is 2.24 bits per heavy atom. The second-order valence-electron chi connectivity index (χ2n) is 4.32. The van der Waals surface area contributed by atoms with Crippen LogP contribution in [0, 0.1) is 5.82 Å². The van der Waals surface area contributed by atoms with Crippen LogP contribution in [0.4, 0.5) is 4.39 Å². The van der Waals surface area contributed by atoms with Crippen LogP contribution in [-0.2, 0) is 10.2 Å². The molecule has 17 heavy (non-hydrogen) atoms. The van der Waals surface area contributed by atoms with Gasteiger partial charge in [-0.3, -0.25) is 4.79 Å². The van der Waals surface area contributed by atoms with E-state index in [1.807, 2.05) is 0 Å². The fourth-order valence-corrected chi connectivity index (χ4v) is 2.67. The number of carboxylic acid groups (broad SMARTS) is 1. The molecule has 5 heteroatoms. The molecule has 1 N–H and O–H groups in total. The summed E-state index contributed by atoms with van der Waals surface area (Å²) >= 11 is 3.23. The van der Waals surface area contributed by atoms with Gasteiger partial charge in [0.1, 0.15) is 0 Å². The molecule has 0 spiro atoms. The Bertz CT molecular complexity index is 446. The number of halogens is 2. The minimum absolute atomic E-state index is 0.0468. The first kappa shape index (κ1) is 12.4. The first-order chi connectivity index (χ1) is 7.98. The second-order valence-corrected chi connectivity index (χ2v) is 5.18. The van der Waals surface area contributed by atoms with Crippen LogP contribution >= 0.6 is 15.9 Å². The van der Waals surface area contributed by atoms with E-state index in [-0.39, 0.29) is 17.6 Å².